The number of alkyl carbamates (subject to hydrolysis) is 1. The summed E-state index contributed by atoms with van der Waals surface area (Å²) in [5.74, 6) is -1.37. The lowest BCUT2D eigenvalue weighted by Gasteiger charge is -2.15. The molecule has 0 spiro atoms. The second-order valence-electron chi connectivity index (χ2n) is 5.43. The second-order valence-corrected chi connectivity index (χ2v) is 5.43. The first kappa shape index (κ1) is 19.8. The van der Waals surface area contributed by atoms with Crippen molar-refractivity contribution in [1.82, 2.24) is 5.32 Å². The van der Waals surface area contributed by atoms with Crippen molar-refractivity contribution in [2.24, 2.45) is 0 Å². The maximum Gasteiger partial charge on any atom is 0.508 e. The van der Waals surface area contributed by atoms with Crippen LogP contribution in [0.2, 0.25) is 0 Å². The second kappa shape index (κ2) is 10.4. The van der Waals surface area contributed by atoms with Crippen molar-refractivity contribution in [1.29, 1.82) is 0 Å². The van der Waals surface area contributed by atoms with Gasteiger partial charge in [-0.05, 0) is 11.1 Å². The summed E-state index contributed by atoms with van der Waals surface area (Å²) in [6.45, 7) is -0.619. The molecule has 0 aliphatic carbocycles. The summed E-state index contributed by atoms with van der Waals surface area (Å²) >= 11 is 0. The lowest BCUT2D eigenvalue weighted by Crippen LogP contribution is -2.44. The zero-order valence-corrected chi connectivity index (χ0v) is 14.4. The Bertz CT molecular complexity index is 749. The molecule has 0 aromatic heterocycles. The Balaban J connectivity index is 1.73. The molecule has 142 valence electrons. The number of hydrogen-bond donors (Lipinski definition) is 2. The molecule has 2 rings (SSSR count). The van der Waals surface area contributed by atoms with E-state index in [2.05, 4.69) is 5.32 Å². The van der Waals surface area contributed by atoms with E-state index in [0.717, 1.165) is 11.1 Å². The highest BCUT2D eigenvalue weighted by atomic mass is 16.7. The molecule has 8 nitrogen and oxygen atoms in total. The third-order valence-corrected chi connectivity index (χ3v) is 3.37. The van der Waals surface area contributed by atoms with Gasteiger partial charge in [-0.15, -0.1) is 0 Å². The topological polar surface area (TPSA) is 111 Å². The Hall–Kier alpha value is -3.55. The van der Waals surface area contributed by atoms with Crippen molar-refractivity contribution < 1.29 is 33.7 Å². The normalized spacial score (nSPS) is 11.1. The van der Waals surface area contributed by atoms with E-state index in [4.69, 9.17) is 19.3 Å². The van der Waals surface area contributed by atoms with Gasteiger partial charge in [0, 0.05) is 0 Å². The lowest BCUT2D eigenvalue weighted by atomic mass is 10.2. The molecule has 0 saturated heterocycles. The molecule has 0 unspecified atom stereocenters. The molecular weight excluding hydrogens is 354 g/mol. The van der Waals surface area contributed by atoms with E-state index < -0.39 is 30.9 Å². The quantitative estimate of drug-likeness (QED) is 0.684. The highest BCUT2D eigenvalue weighted by molar-refractivity contribution is 5.80. The fraction of sp³-hybridized carbons (Fsp3) is 0.211. The first-order chi connectivity index (χ1) is 13.0. The van der Waals surface area contributed by atoms with Crippen molar-refractivity contribution in [3.8, 4) is 0 Å². The number of carbonyl (C=O) groups is 3. The highest BCUT2D eigenvalue weighted by Gasteiger charge is 2.23. The van der Waals surface area contributed by atoms with Crippen LogP contribution in [0.1, 0.15) is 11.1 Å². The van der Waals surface area contributed by atoms with Crippen LogP contribution >= 0.6 is 0 Å². The summed E-state index contributed by atoms with van der Waals surface area (Å²) in [6.07, 6.45) is -1.97. The van der Waals surface area contributed by atoms with Gasteiger partial charge in [0.25, 0.3) is 0 Å². The van der Waals surface area contributed by atoms with Crippen LogP contribution in [-0.4, -0.2) is 36.0 Å². The van der Waals surface area contributed by atoms with Gasteiger partial charge in [-0.1, -0.05) is 60.7 Å². The number of carboxylic acids is 1. The minimum atomic E-state index is -1.46. The molecule has 0 saturated carbocycles. The predicted molar refractivity (Wildman–Crippen MR) is 93.8 cm³/mol. The van der Waals surface area contributed by atoms with Gasteiger partial charge in [0.05, 0.1) is 0 Å². The molecule has 27 heavy (non-hydrogen) atoms. The van der Waals surface area contributed by atoms with Crippen LogP contribution in [0.25, 0.3) is 0 Å². The minimum absolute atomic E-state index is 0.00996. The van der Waals surface area contributed by atoms with Crippen molar-refractivity contribution in [3.63, 3.8) is 0 Å². The molecule has 1 atom stereocenters. The molecule has 0 bridgehead atoms. The molecule has 8 heteroatoms. The maximum atomic E-state index is 11.7. The number of hydrogen-bond acceptors (Lipinski definition) is 6. The zero-order valence-electron chi connectivity index (χ0n) is 14.4. The van der Waals surface area contributed by atoms with Gasteiger partial charge in [-0.2, -0.15) is 0 Å². The zero-order chi connectivity index (χ0) is 19.5. The van der Waals surface area contributed by atoms with E-state index in [1.165, 1.54) is 0 Å². The van der Waals surface area contributed by atoms with Gasteiger partial charge >= 0.3 is 18.2 Å². The SMILES string of the molecule is O=C(N[C@@H](COC(=O)OCc1ccccc1)C(=O)O)OCc1ccccc1. The number of carboxylic acid groups (broad SMARTS) is 1. The molecule has 0 aliphatic rings. The van der Waals surface area contributed by atoms with Gasteiger partial charge in [-0.25, -0.2) is 14.4 Å². The van der Waals surface area contributed by atoms with E-state index in [1.807, 2.05) is 12.1 Å². The van der Waals surface area contributed by atoms with Crippen LogP contribution in [-0.2, 0) is 32.2 Å². The molecule has 0 radical (unpaired) electrons. The molecular formula is C19H19NO7. The van der Waals surface area contributed by atoms with E-state index in [9.17, 15) is 14.4 Å². The summed E-state index contributed by atoms with van der Waals surface area (Å²) in [7, 11) is 0. The number of amides is 1. The summed E-state index contributed by atoms with van der Waals surface area (Å²) < 4.78 is 14.5. The third-order valence-electron chi connectivity index (χ3n) is 3.37. The molecule has 2 aromatic rings. The van der Waals surface area contributed by atoms with Gasteiger partial charge in [0.2, 0.25) is 0 Å². The van der Waals surface area contributed by atoms with Gasteiger partial charge < -0.3 is 24.6 Å². The smallest absolute Gasteiger partial charge is 0.480 e. The standard InChI is InChI=1S/C19H19NO7/c21-17(22)16(20-18(23)25-11-14-7-3-1-4-8-14)13-27-19(24)26-12-15-9-5-2-6-10-15/h1-10,16H,11-13H2,(H,20,23)(H,21,22)/t16-/m0/s1. The molecule has 0 aliphatic heterocycles. The number of ether oxygens (including phenoxy) is 3. The Labute approximate surface area is 155 Å². The Kier molecular flexibility index (Phi) is 7.65. The van der Waals surface area contributed by atoms with E-state index >= 15 is 0 Å². The lowest BCUT2D eigenvalue weighted by molar-refractivity contribution is -0.140. The van der Waals surface area contributed by atoms with Crippen molar-refractivity contribution >= 4 is 18.2 Å². The van der Waals surface area contributed by atoms with Crippen molar-refractivity contribution in [2.45, 2.75) is 19.3 Å². The van der Waals surface area contributed by atoms with E-state index in [0.29, 0.717) is 0 Å². The molecule has 1 amide bonds. The van der Waals surface area contributed by atoms with Crippen molar-refractivity contribution in [2.75, 3.05) is 6.61 Å². The first-order valence-electron chi connectivity index (χ1n) is 8.08. The molecule has 2 N–H and O–H groups in total. The number of carbonyl (C=O) groups excluding carboxylic acids is 2. The van der Waals surface area contributed by atoms with Gasteiger partial charge in [-0.3, -0.25) is 0 Å². The van der Waals surface area contributed by atoms with Crippen molar-refractivity contribution in [3.05, 3.63) is 71.8 Å². The summed E-state index contributed by atoms with van der Waals surface area (Å²) in [6, 6.07) is 16.4. The average Bonchev–Trinajstić information content (AvgIpc) is 2.69. The van der Waals surface area contributed by atoms with Crippen LogP contribution in [0.3, 0.4) is 0 Å². The van der Waals surface area contributed by atoms with Crippen LogP contribution in [0.5, 0.6) is 0 Å². The largest absolute Gasteiger partial charge is 0.508 e. The fourth-order valence-corrected chi connectivity index (χ4v) is 1.99. The van der Waals surface area contributed by atoms with Gasteiger partial charge in [0.15, 0.2) is 6.04 Å². The molecule has 0 fully saturated rings. The van der Waals surface area contributed by atoms with E-state index in [-0.39, 0.29) is 13.2 Å². The molecule has 2 aromatic carbocycles. The van der Waals surface area contributed by atoms with Crippen LogP contribution in [0.4, 0.5) is 9.59 Å². The first-order valence-corrected chi connectivity index (χ1v) is 8.08. The Morgan fingerprint density at radius 3 is 1.85 bits per heavy atom. The summed E-state index contributed by atoms with van der Waals surface area (Å²) in [5, 5.41) is 11.2. The number of aliphatic carboxylic acids is 1. The van der Waals surface area contributed by atoms with E-state index in [1.54, 1.807) is 48.5 Å². The summed E-state index contributed by atoms with van der Waals surface area (Å²) in [4.78, 5) is 34.5. The molecule has 0 heterocycles. The van der Waals surface area contributed by atoms with Crippen LogP contribution in [0.15, 0.2) is 60.7 Å². The Morgan fingerprint density at radius 1 is 0.815 bits per heavy atom. The third kappa shape index (κ3) is 7.47. The fourth-order valence-electron chi connectivity index (χ4n) is 1.99. The van der Waals surface area contributed by atoms with Crippen LogP contribution in [0, 0.1) is 0 Å². The number of rotatable bonds is 8. The maximum absolute atomic E-state index is 11.7. The number of nitrogens with one attached hydrogen (secondary N) is 1. The summed E-state index contributed by atoms with van der Waals surface area (Å²) in [5.41, 5.74) is 1.51. The number of benzene rings is 2. The predicted octanol–water partition coefficient (Wildman–Crippen LogP) is 2.72. The van der Waals surface area contributed by atoms with Gasteiger partial charge in [0.1, 0.15) is 19.8 Å². The monoisotopic (exact) mass is 373 g/mol. The average molecular weight is 373 g/mol. The van der Waals surface area contributed by atoms with Crippen LogP contribution < -0.4 is 5.32 Å². The minimum Gasteiger partial charge on any atom is -0.480 e. The highest BCUT2D eigenvalue weighted by Crippen LogP contribution is 2.03. The Morgan fingerprint density at radius 2 is 1.33 bits per heavy atom.